The van der Waals surface area contributed by atoms with Crippen molar-refractivity contribution in [2.45, 2.75) is 24.3 Å². The fourth-order valence-electron chi connectivity index (χ4n) is 1.25. The van der Waals surface area contributed by atoms with Crippen LogP contribution >= 0.6 is 27.7 Å². The van der Waals surface area contributed by atoms with Crippen molar-refractivity contribution < 1.29 is 18.7 Å². The Morgan fingerprint density at radius 3 is 2.71 bits per heavy atom. The zero-order valence-electron chi connectivity index (χ0n) is 9.04. The molecule has 0 bridgehead atoms. The van der Waals surface area contributed by atoms with Crippen molar-refractivity contribution in [2.75, 3.05) is 0 Å². The van der Waals surface area contributed by atoms with E-state index in [0.29, 0.717) is 6.42 Å². The van der Waals surface area contributed by atoms with Crippen LogP contribution in [0.25, 0.3) is 0 Å². The quantitative estimate of drug-likeness (QED) is 0.836. The van der Waals surface area contributed by atoms with Crippen LogP contribution in [0.5, 0.6) is 0 Å². The zero-order valence-corrected chi connectivity index (χ0v) is 11.4. The molecule has 0 saturated carbocycles. The number of carbonyl (C=O) groups is 1. The molecule has 17 heavy (non-hydrogen) atoms. The predicted octanol–water partition coefficient (Wildman–Crippen LogP) is 3.82. The third-order valence-electron chi connectivity index (χ3n) is 2.21. The molecule has 94 valence electrons. The maximum atomic E-state index is 13.6. The molecule has 1 unspecified atom stereocenters. The summed E-state index contributed by atoms with van der Waals surface area (Å²) in [5.74, 6) is -2.29. The third-order valence-corrected chi connectivity index (χ3v) is 4.22. The first-order valence-electron chi connectivity index (χ1n) is 4.94. The van der Waals surface area contributed by atoms with Gasteiger partial charge < -0.3 is 5.11 Å². The van der Waals surface area contributed by atoms with Gasteiger partial charge in [0.25, 0.3) is 0 Å². The smallest absolute Gasteiger partial charge is 0.316 e. The molecule has 6 heteroatoms. The van der Waals surface area contributed by atoms with Gasteiger partial charge in [0.1, 0.15) is 16.9 Å². The summed E-state index contributed by atoms with van der Waals surface area (Å²) >= 11 is 3.99. The Balaban J connectivity index is 2.82. The number of benzene rings is 1. The van der Waals surface area contributed by atoms with Crippen molar-refractivity contribution in [2.24, 2.45) is 0 Å². The third kappa shape index (κ3) is 3.67. The molecular weight excluding hydrogens is 314 g/mol. The summed E-state index contributed by atoms with van der Waals surface area (Å²) < 4.78 is 27.1. The average Bonchev–Trinajstić information content (AvgIpc) is 2.28. The van der Waals surface area contributed by atoms with E-state index in [4.69, 9.17) is 5.11 Å². The minimum Gasteiger partial charge on any atom is -0.480 e. The monoisotopic (exact) mass is 324 g/mol. The van der Waals surface area contributed by atoms with Gasteiger partial charge in [0.15, 0.2) is 0 Å². The lowest BCUT2D eigenvalue weighted by Gasteiger charge is -2.11. The van der Waals surface area contributed by atoms with E-state index in [9.17, 15) is 13.6 Å². The predicted molar refractivity (Wildman–Crippen MR) is 67.1 cm³/mol. The average molecular weight is 325 g/mol. The SMILES string of the molecule is CCC(SCc1c(F)ccc(Br)c1F)C(=O)O. The molecule has 2 nitrogen and oxygen atoms in total. The minimum atomic E-state index is -0.965. The van der Waals surface area contributed by atoms with Crippen LogP contribution < -0.4 is 0 Å². The van der Waals surface area contributed by atoms with Crippen molar-refractivity contribution in [1.29, 1.82) is 0 Å². The van der Waals surface area contributed by atoms with Crippen LogP contribution in [-0.2, 0) is 10.5 Å². The number of thioether (sulfide) groups is 1. The van der Waals surface area contributed by atoms with E-state index < -0.39 is 22.9 Å². The Kier molecular flexibility index (Phi) is 5.39. The van der Waals surface area contributed by atoms with E-state index in [-0.39, 0.29) is 15.8 Å². The van der Waals surface area contributed by atoms with E-state index in [1.165, 1.54) is 6.07 Å². The van der Waals surface area contributed by atoms with Gasteiger partial charge in [-0.1, -0.05) is 6.92 Å². The summed E-state index contributed by atoms with van der Waals surface area (Å²) in [5.41, 5.74) is -0.0934. The molecule has 1 aromatic rings. The van der Waals surface area contributed by atoms with Crippen molar-refractivity contribution in [3.8, 4) is 0 Å². The second-order valence-electron chi connectivity index (χ2n) is 3.37. The summed E-state index contributed by atoms with van der Waals surface area (Å²) in [7, 11) is 0. The molecule has 0 fully saturated rings. The van der Waals surface area contributed by atoms with E-state index in [1.807, 2.05) is 0 Å². The molecule has 0 saturated heterocycles. The molecule has 1 N–H and O–H groups in total. The highest BCUT2D eigenvalue weighted by Gasteiger charge is 2.19. The van der Waals surface area contributed by atoms with Gasteiger partial charge in [-0.15, -0.1) is 11.8 Å². The second kappa shape index (κ2) is 6.35. The first kappa shape index (κ1) is 14.4. The molecule has 1 rings (SSSR count). The molecule has 1 aromatic carbocycles. The van der Waals surface area contributed by atoms with Gasteiger partial charge in [0.2, 0.25) is 0 Å². The maximum Gasteiger partial charge on any atom is 0.316 e. The van der Waals surface area contributed by atoms with Crippen LogP contribution in [-0.4, -0.2) is 16.3 Å². The number of hydrogen-bond donors (Lipinski definition) is 1. The maximum absolute atomic E-state index is 13.6. The van der Waals surface area contributed by atoms with Crippen LogP contribution in [0.3, 0.4) is 0 Å². The Morgan fingerprint density at radius 1 is 1.53 bits per heavy atom. The largest absolute Gasteiger partial charge is 0.480 e. The van der Waals surface area contributed by atoms with E-state index >= 15 is 0 Å². The molecule has 0 spiro atoms. The highest BCUT2D eigenvalue weighted by molar-refractivity contribution is 9.10. The Labute approximate surface area is 111 Å². The lowest BCUT2D eigenvalue weighted by atomic mass is 10.2. The van der Waals surface area contributed by atoms with Gasteiger partial charge in [0.05, 0.1) is 4.47 Å². The van der Waals surface area contributed by atoms with E-state index in [1.54, 1.807) is 6.92 Å². The number of hydrogen-bond acceptors (Lipinski definition) is 2. The Morgan fingerprint density at radius 2 is 2.18 bits per heavy atom. The normalized spacial score (nSPS) is 12.5. The summed E-state index contributed by atoms with van der Waals surface area (Å²) in [4.78, 5) is 10.8. The lowest BCUT2D eigenvalue weighted by Crippen LogP contribution is -2.15. The topological polar surface area (TPSA) is 37.3 Å². The molecule has 0 aliphatic carbocycles. The summed E-state index contributed by atoms with van der Waals surface area (Å²) in [6.45, 7) is 1.72. The first-order chi connectivity index (χ1) is 7.97. The van der Waals surface area contributed by atoms with Crippen LogP contribution in [0, 0.1) is 11.6 Å². The molecule has 0 aliphatic heterocycles. The molecule has 0 heterocycles. The number of carboxylic acid groups (broad SMARTS) is 1. The highest BCUT2D eigenvalue weighted by Crippen LogP contribution is 2.27. The minimum absolute atomic E-state index is 0.00190. The molecule has 0 aliphatic rings. The van der Waals surface area contributed by atoms with Gasteiger partial charge in [-0.3, -0.25) is 4.79 Å². The number of rotatable bonds is 5. The van der Waals surface area contributed by atoms with Crippen LogP contribution in [0.1, 0.15) is 18.9 Å². The number of aliphatic carboxylic acids is 1. The lowest BCUT2D eigenvalue weighted by molar-refractivity contribution is -0.136. The van der Waals surface area contributed by atoms with Gasteiger partial charge >= 0.3 is 5.97 Å². The molecule has 0 amide bonds. The van der Waals surface area contributed by atoms with Crippen molar-refractivity contribution in [1.82, 2.24) is 0 Å². The summed E-state index contributed by atoms with van der Waals surface area (Å²) in [6.07, 6.45) is 0.414. The van der Waals surface area contributed by atoms with E-state index in [2.05, 4.69) is 15.9 Å². The summed E-state index contributed by atoms with van der Waals surface area (Å²) in [6, 6.07) is 2.44. The standard InChI is InChI=1S/C11H11BrF2O2S/c1-2-9(11(15)16)17-5-6-8(13)4-3-7(12)10(6)14/h3-4,9H,2,5H2,1H3,(H,15,16). The second-order valence-corrected chi connectivity index (χ2v) is 5.41. The Hall–Kier alpha value is -0.620. The fraction of sp³-hybridized carbons (Fsp3) is 0.364. The Bertz CT molecular complexity index is 426. The van der Waals surface area contributed by atoms with Gasteiger partial charge in [-0.2, -0.15) is 0 Å². The first-order valence-corrected chi connectivity index (χ1v) is 6.78. The van der Waals surface area contributed by atoms with Gasteiger partial charge in [0, 0.05) is 11.3 Å². The van der Waals surface area contributed by atoms with E-state index in [0.717, 1.165) is 17.8 Å². The van der Waals surface area contributed by atoms with Crippen LogP contribution in [0.2, 0.25) is 0 Å². The van der Waals surface area contributed by atoms with Gasteiger partial charge in [-0.05, 0) is 34.5 Å². The zero-order chi connectivity index (χ0) is 13.0. The fourth-order valence-corrected chi connectivity index (χ4v) is 2.63. The molecule has 0 radical (unpaired) electrons. The highest BCUT2D eigenvalue weighted by atomic mass is 79.9. The molecule has 1 atom stereocenters. The van der Waals surface area contributed by atoms with Crippen molar-refractivity contribution in [3.05, 3.63) is 33.8 Å². The van der Waals surface area contributed by atoms with Crippen LogP contribution in [0.15, 0.2) is 16.6 Å². The number of carboxylic acids is 1. The van der Waals surface area contributed by atoms with Crippen molar-refractivity contribution in [3.63, 3.8) is 0 Å². The molecule has 0 aromatic heterocycles. The summed E-state index contributed by atoms with van der Waals surface area (Å²) in [5, 5.41) is 8.18. The van der Waals surface area contributed by atoms with Crippen LogP contribution in [0.4, 0.5) is 8.78 Å². The number of halogens is 3. The van der Waals surface area contributed by atoms with Crippen molar-refractivity contribution >= 4 is 33.7 Å². The van der Waals surface area contributed by atoms with Gasteiger partial charge in [-0.25, -0.2) is 8.78 Å². The molecular formula is C11H11BrF2O2S.